The van der Waals surface area contributed by atoms with Crippen LogP contribution in [-0.4, -0.2) is 59.8 Å². The van der Waals surface area contributed by atoms with E-state index in [2.05, 4.69) is 24.1 Å². The third-order valence-electron chi connectivity index (χ3n) is 5.08. The van der Waals surface area contributed by atoms with Gasteiger partial charge in [-0.05, 0) is 50.9 Å². The van der Waals surface area contributed by atoms with Gasteiger partial charge in [-0.1, -0.05) is 13.8 Å². The van der Waals surface area contributed by atoms with E-state index in [9.17, 15) is 9.90 Å². The molecule has 2 atom stereocenters. The Kier molecular flexibility index (Phi) is 7.12. The molecule has 0 bridgehead atoms. The molecular formula is C18H31N3O3. The molecule has 0 aromatic carbocycles. The van der Waals surface area contributed by atoms with Crippen molar-refractivity contribution >= 4 is 6.03 Å². The van der Waals surface area contributed by atoms with Crippen molar-refractivity contribution in [1.82, 2.24) is 15.1 Å². The maximum Gasteiger partial charge on any atom is 0.317 e. The van der Waals surface area contributed by atoms with Crippen LogP contribution in [-0.2, 0) is 0 Å². The summed E-state index contributed by atoms with van der Waals surface area (Å²) in [5.41, 5.74) is 0. The molecule has 1 aromatic heterocycles. The highest BCUT2D eigenvalue weighted by atomic mass is 16.3. The van der Waals surface area contributed by atoms with E-state index in [-0.39, 0.29) is 18.2 Å². The predicted octanol–water partition coefficient (Wildman–Crippen LogP) is 2.46. The average molecular weight is 337 g/mol. The smallest absolute Gasteiger partial charge is 0.317 e. The lowest BCUT2D eigenvalue weighted by Crippen LogP contribution is -2.48. The molecule has 0 saturated carbocycles. The molecule has 0 radical (unpaired) electrons. The molecule has 2 N–H and O–H groups in total. The van der Waals surface area contributed by atoms with Crippen molar-refractivity contribution in [2.45, 2.75) is 45.8 Å². The van der Waals surface area contributed by atoms with Crippen LogP contribution in [0.15, 0.2) is 22.8 Å². The van der Waals surface area contributed by atoms with Gasteiger partial charge in [-0.25, -0.2) is 4.79 Å². The van der Waals surface area contributed by atoms with E-state index in [0.29, 0.717) is 25.6 Å². The molecule has 2 heterocycles. The number of rotatable bonds is 7. The molecule has 2 amide bonds. The first-order valence-electron chi connectivity index (χ1n) is 9.05. The van der Waals surface area contributed by atoms with E-state index in [1.165, 1.54) is 0 Å². The Morgan fingerprint density at radius 1 is 1.42 bits per heavy atom. The number of aliphatic hydroxyl groups excluding tert-OH is 1. The van der Waals surface area contributed by atoms with Crippen molar-refractivity contribution in [2.75, 3.05) is 32.7 Å². The molecule has 1 fully saturated rings. The Bertz CT molecular complexity index is 478. The van der Waals surface area contributed by atoms with Crippen LogP contribution in [0.1, 0.15) is 45.4 Å². The fourth-order valence-corrected chi connectivity index (χ4v) is 3.44. The quantitative estimate of drug-likeness (QED) is 0.802. The summed E-state index contributed by atoms with van der Waals surface area (Å²) in [6.45, 7) is 9.80. The normalized spacial score (nSPS) is 18.6. The van der Waals surface area contributed by atoms with Gasteiger partial charge in [-0.2, -0.15) is 0 Å². The van der Waals surface area contributed by atoms with Gasteiger partial charge in [0, 0.05) is 19.6 Å². The van der Waals surface area contributed by atoms with Crippen LogP contribution in [0, 0.1) is 5.92 Å². The summed E-state index contributed by atoms with van der Waals surface area (Å²) >= 11 is 0. The third kappa shape index (κ3) is 4.74. The zero-order valence-corrected chi connectivity index (χ0v) is 15.1. The number of likely N-dealkylation sites (N-methyl/N-ethyl adjacent to an activating group) is 1. The predicted molar refractivity (Wildman–Crippen MR) is 93.7 cm³/mol. The Balaban J connectivity index is 1.88. The molecule has 1 aromatic rings. The second-order valence-electron chi connectivity index (χ2n) is 6.50. The average Bonchev–Trinajstić information content (AvgIpc) is 3.12. The standard InChI is InChI=1S/C18H31N3O3/c1-4-20(5-2)16(17-7-6-12-24-17)13-19-18(23)21-10-8-15(9-11-21)14(3)22/h6-7,12,14-16,22H,4-5,8-11,13H2,1-3H3,(H,19,23). The SMILES string of the molecule is CCN(CC)C(CNC(=O)N1CCC(C(C)O)CC1)c1ccco1. The number of furan rings is 1. The van der Waals surface area contributed by atoms with Crippen LogP contribution < -0.4 is 5.32 Å². The topological polar surface area (TPSA) is 69.0 Å². The molecule has 136 valence electrons. The first kappa shape index (κ1) is 18.8. The Morgan fingerprint density at radius 2 is 2.08 bits per heavy atom. The lowest BCUT2D eigenvalue weighted by atomic mass is 9.92. The van der Waals surface area contributed by atoms with Crippen molar-refractivity contribution in [2.24, 2.45) is 5.92 Å². The number of urea groups is 1. The zero-order chi connectivity index (χ0) is 17.5. The largest absolute Gasteiger partial charge is 0.468 e. The number of likely N-dealkylation sites (tertiary alicyclic amines) is 1. The van der Waals surface area contributed by atoms with Crippen molar-refractivity contribution in [3.05, 3.63) is 24.2 Å². The fraction of sp³-hybridized carbons (Fsp3) is 0.722. The molecule has 2 rings (SSSR count). The first-order valence-corrected chi connectivity index (χ1v) is 9.05. The van der Waals surface area contributed by atoms with Gasteiger partial charge >= 0.3 is 6.03 Å². The molecule has 1 saturated heterocycles. The monoisotopic (exact) mass is 337 g/mol. The number of amides is 2. The van der Waals surface area contributed by atoms with Gasteiger partial charge < -0.3 is 19.7 Å². The minimum atomic E-state index is -0.291. The highest BCUT2D eigenvalue weighted by Crippen LogP contribution is 2.22. The van der Waals surface area contributed by atoms with Gasteiger partial charge in [0.15, 0.2) is 0 Å². The van der Waals surface area contributed by atoms with Crippen LogP contribution >= 0.6 is 0 Å². The number of carbonyl (C=O) groups is 1. The first-order chi connectivity index (χ1) is 11.6. The number of carbonyl (C=O) groups excluding carboxylic acids is 1. The minimum absolute atomic E-state index is 0.0252. The van der Waals surface area contributed by atoms with Crippen LogP contribution in [0.25, 0.3) is 0 Å². The summed E-state index contributed by atoms with van der Waals surface area (Å²) < 4.78 is 5.56. The molecule has 6 nitrogen and oxygen atoms in total. The molecule has 1 aliphatic rings. The number of piperidine rings is 1. The minimum Gasteiger partial charge on any atom is -0.468 e. The second kappa shape index (κ2) is 9.08. The number of hydrogen-bond donors (Lipinski definition) is 2. The van der Waals surface area contributed by atoms with E-state index < -0.39 is 0 Å². The lowest BCUT2D eigenvalue weighted by Gasteiger charge is -2.34. The van der Waals surface area contributed by atoms with Crippen molar-refractivity contribution in [3.8, 4) is 0 Å². The van der Waals surface area contributed by atoms with Gasteiger partial charge in [0.05, 0.1) is 18.4 Å². The van der Waals surface area contributed by atoms with E-state index in [1.54, 1.807) is 6.26 Å². The lowest BCUT2D eigenvalue weighted by molar-refractivity contribution is 0.0792. The fourth-order valence-electron chi connectivity index (χ4n) is 3.44. The second-order valence-corrected chi connectivity index (χ2v) is 6.50. The summed E-state index contributed by atoms with van der Waals surface area (Å²) in [7, 11) is 0. The number of nitrogens with zero attached hydrogens (tertiary/aromatic N) is 2. The molecule has 1 aliphatic heterocycles. The highest BCUT2D eigenvalue weighted by Gasteiger charge is 2.27. The van der Waals surface area contributed by atoms with Gasteiger partial charge in [0.1, 0.15) is 5.76 Å². The number of hydrogen-bond acceptors (Lipinski definition) is 4. The van der Waals surface area contributed by atoms with Gasteiger partial charge in [-0.3, -0.25) is 4.90 Å². The maximum atomic E-state index is 12.5. The molecule has 24 heavy (non-hydrogen) atoms. The zero-order valence-electron chi connectivity index (χ0n) is 15.1. The summed E-state index contributed by atoms with van der Waals surface area (Å²) in [6.07, 6.45) is 3.11. The number of nitrogens with one attached hydrogen (secondary N) is 1. The summed E-state index contributed by atoms with van der Waals surface area (Å²) in [5.74, 6) is 1.19. The van der Waals surface area contributed by atoms with Gasteiger partial charge in [0.25, 0.3) is 0 Å². The molecule has 6 heteroatoms. The Labute approximate surface area is 144 Å². The van der Waals surface area contributed by atoms with Crippen molar-refractivity contribution in [3.63, 3.8) is 0 Å². The van der Waals surface area contributed by atoms with Crippen molar-refractivity contribution < 1.29 is 14.3 Å². The maximum absolute atomic E-state index is 12.5. The number of aliphatic hydroxyl groups is 1. The van der Waals surface area contributed by atoms with E-state index >= 15 is 0 Å². The van der Waals surface area contributed by atoms with E-state index in [1.807, 2.05) is 24.0 Å². The third-order valence-corrected chi connectivity index (χ3v) is 5.08. The molecule has 0 aliphatic carbocycles. The Hall–Kier alpha value is -1.53. The van der Waals surface area contributed by atoms with E-state index in [4.69, 9.17) is 4.42 Å². The summed E-state index contributed by atoms with van der Waals surface area (Å²) in [6, 6.07) is 3.87. The highest BCUT2D eigenvalue weighted by molar-refractivity contribution is 5.74. The van der Waals surface area contributed by atoms with Crippen LogP contribution in [0.4, 0.5) is 4.79 Å². The van der Waals surface area contributed by atoms with Gasteiger partial charge in [-0.15, -0.1) is 0 Å². The van der Waals surface area contributed by atoms with E-state index in [0.717, 1.165) is 31.7 Å². The van der Waals surface area contributed by atoms with Gasteiger partial charge in [0.2, 0.25) is 0 Å². The van der Waals surface area contributed by atoms with Crippen LogP contribution in [0.5, 0.6) is 0 Å². The Morgan fingerprint density at radius 3 is 2.58 bits per heavy atom. The molecule has 0 spiro atoms. The summed E-state index contributed by atoms with van der Waals surface area (Å²) in [5, 5.41) is 12.7. The van der Waals surface area contributed by atoms with Crippen molar-refractivity contribution in [1.29, 1.82) is 0 Å². The summed E-state index contributed by atoms with van der Waals surface area (Å²) in [4.78, 5) is 16.6. The molecular weight excluding hydrogens is 306 g/mol. The molecule has 2 unspecified atom stereocenters. The van der Waals surface area contributed by atoms with Crippen LogP contribution in [0.2, 0.25) is 0 Å². The van der Waals surface area contributed by atoms with Crippen LogP contribution in [0.3, 0.4) is 0 Å².